The molecule has 2 N–H and O–H groups in total. The third-order valence-corrected chi connectivity index (χ3v) is 3.78. The van der Waals surface area contributed by atoms with Gasteiger partial charge in [-0.2, -0.15) is 0 Å². The maximum atomic E-state index is 5.85. The van der Waals surface area contributed by atoms with E-state index in [1.807, 2.05) is 25.1 Å². The fraction of sp³-hybridized carbons (Fsp3) is 0.533. The van der Waals surface area contributed by atoms with Crippen LogP contribution < -0.4 is 10.5 Å². The first kappa shape index (κ1) is 14.3. The topological polar surface area (TPSA) is 38.5 Å². The second-order valence-corrected chi connectivity index (χ2v) is 5.54. The first-order valence-electron chi connectivity index (χ1n) is 6.92. The number of hydrogen-bond acceptors (Lipinski definition) is 3. The molecular formula is C15H22N2OS. The highest BCUT2D eigenvalue weighted by Gasteiger charge is 2.10. The third kappa shape index (κ3) is 4.18. The molecule has 1 aromatic rings. The van der Waals surface area contributed by atoms with Crippen molar-refractivity contribution in [3.8, 4) is 5.75 Å². The van der Waals surface area contributed by atoms with E-state index >= 15 is 0 Å². The monoisotopic (exact) mass is 278 g/mol. The molecule has 4 heteroatoms. The number of hydrogen-bond donors (Lipinski definition) is 1. The van der Waals surface area contributed by atoms with Crippen LogP contribution in [0.5, 0.6) is 5.75 Å². The summed E-state index contributed by atoms with van der Waals surface area (Å²) >= 11 is 4.99. The first-order chi connectivity index (χ1) is 9.16. The Hall–Kier alpha value is -1.13. The van der Waals surface area contributed by atoms with Gasteiger partial charge in [0.15, 0.2) is 0 Å². The van der Waals surface area contributed by atoms with Gasteiger partial charge >= 0.3 is 0 Å². The molecule has 0 unspecified atom stereocenters. The lowest BCUT2D eigenvalue weighted by Crippen LogP contribution is -2.22. The highest BCUT2D eigenvalue weighted by molar-refractivity contribution is 7.80. The number of aryl methyl sites for hydroxylation is 1. The summed E-state index contributed by atoms with van der Waals surface area (Å²) in [5.74, 6) is 0.895. The predicted octanol–water partition coefficient (Wildman–Crippen LogP) is 2.49. The third-order valence-electron chi connectivity index (χ3n) is 3.55. The predicted molar refractivity (Wildman–Crippen MR) is 82.9 cm³/mol. The maximum Gasteiger partial charge on any atom is 0.122 e. The first-order valence-corrected chi connectivity index (χ1v) is 7.33. The molecule has 0 spiro atoms. The molecule has 0 aliphatic carbocycles. The van der Waals surface area contributed by atoms with Crippen LogP contribution in [-0.4, -0.2) is 36.1 Å². The van der Waals surface area contributed by atoms with E-state index in [1.165, 1.54) is 25.9 Å². The van der Waals surface area contributed by atoms with Gasteiger partial charge in [-0.15, -0.1) is 0 Å². The molecule has 0 amide bonds. The second kappa shape index (κ2) is 6.87. The van der Waals surface area contributed by atoms with Gasteiger partial charge in [0.2, 0.25) is 0 Å². The van der Waals surface area contributed by atoms with Crippen LogP contribution in [0.15, 0.2) is 18.2 Å². The summed E-state index contributed by atoms with van der Waals surface area (Å²) < 4.78 is 5.85. The van der Waals surface area contributed by atoms with Gasteiger partial charge in [0.05, 0.1) is 6.61 Å². The Morgan fingerprint density at radius 3 is 2.79 bits per heavy atom. The molecule has 0 radical (unpaired) electrons. The molecule has 0 bridgehead atoms. The minimum absolute atomic E-state index is 0.418. The molecule has 104 valence electrons. The Balaban J connectivity index is 1.81. The fourth-order valence-electron chi connectivity index (χ4n) is 2.39. The molecule has 1 aromatic carbocycles. The lowest BCUT2D eigenvalue weighted by atomic mass is 10.1. The SMILES string of the molecule is Cc1ccc(C(N)=S)cc1OCCCN1CCCC1. The normalized spacial score (nSPS) is 15.6. The lowest BCUT2D eigenvalue weighted by molar-refractivity contribution is 0.262. The van der Waals surface area contributed by atoms with Crippen LogP contribution in [-0.2, 0) is 0 Å². The Morgan fingerprint density at radius 1 is 1.37 bits per heavy atom. The quantitative estimate of drug-likeness (QED) is 0.641. The smallest absolute Gasteiger partial charge is 0.122 e. The van der Waals surface area contributed by atoms with Crippen LogP contribution in [0.1, 0.15) is 30.4 Å². The number of rotatable bonds is 6. The molecule has 1 saturated heterocycles. The number of ether oxygens (including phenoxy) is 1. The summed E-state index contributed by atoms with van der Waals surface area (Å²) in [6, 6.07) is 5.88. The van der Waals surface area contributed by atoms with Gasteiger partial charge in [-0.1, -0.05) is 24.4 Å². The number of likely N-dealkylation sites (tertiary alicyclic amines) is 1. The zero-order chi connectivity index (χ0) is 13.7. The van der Waals surface area contributed by atoms with Gasteiger partial charge in [-0.05, 0) is 50.9 Å². The zero-order valence-electron chi connectivity index (χ0n) is 11.5. The largest absolute Gasteiger partial charge is 0.493 e. The van der Waals surface area contributed by atoms with Crippen LogP contribution >= 0.6 is 12.2 Å². The van der Waals surface area contributed by atoms with Crippen molar-refractivity contribution in [1.29, 1.82) is 0 Å². The van der Waals surface area contributed by atoms with Gasteiger partial charge in [0.25, 0.3) is 0 Å². The standard InChI is InChI=1S/C15H22N2OS/c1-12-5-6-13(15(16)19)11-14(12)18-10-4-9-17-7-2-3-8-17/h5-6,11H,2-4,7-10H2,1H3,(H2,16,19). The summed E-state index contributed by atoms with van der Waals surface area (Å²) in [5, 5.41) is 0. The van der Waals surface area contributed by atoms with Crippen molar-refractivity contribution >= 4 is 17.2 Å². The minimum atomic E-state index is 0.418. The van der Waals surface area contributed by atoms with Gasteiger partial charge in [0.1, 0.15) is 10.7 Å². The maximum absolute atomic E-state index is 5.85. The van der Waals surface area contributed by atoms with E-state index in [-0.39, 0.29) is 0 Å². The Bertz CT molecular complexity index is 442. The summed E-state index contributed by atoms with van der Waals surface area (Å²) in [4.78, 5) is 2.92. The van der Waals surface area contributed by atoms with Crippen molar-refractivity contribution in [3.05, 3.63) is 29.3 Å². The Morgan fingerprint density at radius 2 is 2.11 bits per heavy atom. The molecule has 19 heavy (non-hydrogen) atoms. The molecule has 0 aromatic heterocycles. The van der Waals surface area contributed by atoms with Crippen molar-refractivity contribution in [3.63, 3.8) is 0 Å². The van der Waals surface area contributed by atoms with E-state index in [0.717, 1.165) is 36.4 Å². The van der Waals surface area contributed by atoms with E-state index in [0.29, 0.717) is 4.99 Å². The fourth-order valence-corrected chi connectivity index (χ4v) is 2.51. The molecular weight excluding hydrogens is 256 g/mol. The molecule has 1 aliphatic heterocycles. The summed E-state index contributed by atoms with van der Waals surface area (Å²) in [6.07, 6.45) is 3.75. The molecule has 0 atom stereocenters. The van der Waals surface area contributed by atoms with Crippen LogP contribution in [0.4, 0.5) is 0 Å². The van der Waals surface area contributed by atoms with E-state index < -0.39 is 0 Å². The molecule has 1 heterocycles. The highest BCUT2D eigenvalue weighted by Crippen LogP contribution is 2.20. The summed E-state index contributed by atoms with van der Waals surface area (Å²) in [6.45, 7) is 6.41. The van der Waals surface area contributed by atoms with Crippen molar-refractivity contribution in [2.45, 2.75) is 26.2 Å². The number of nitrogens with zero attached hydrogens (tertiary/aromatic N) is 1. The average molecular weight is 278 g/mol. The van der Waals surface area contributed by atoms with Crippen molar-refractivity contribution in [1.82, 2.24) is 4.90 Å². The van der Waals surface area contributed by atoms with Gasteiger partial charge in [0, 0.05) is 12.1 Å². The van der Waals surface area contributed by atoms with E-state index in [2.05, 4.69) is 4.90 Å². The van der Waals surface area contributed by atoms with Gasteiger partial charge in [-0.3, -0.25) is 0 Å². The van der Waals surface area contributed by atoms with Crippen LogP contribution in [0.25, 0.3) is 0 Å². The van der Waals surface area contributed by atoms with Gasteiger partial charge < -0.3 is 15.4 Å². The average Bonchev–Trinajstić information content (AvgIpc) is 2.89. The van der Waals surface area contributed by atoms with Crippen molar-refractivity contribution in [2.75, 3.05) is 26.2 Å². The number of benzene rings is 1. The number of thiocarbonyl (C=S) groups is 1. The summed E-state index contributed by atoms with van der Waals surface area (Å²) in [5.41, 5.74) is 7.64. The van der Waals surface area contributed by atoms with Gasteiger partial charge in [-0.25, -0.2) is 0 Å². The van der Waals surface area contributed by atoms with E-state index in [9.17, 15) is 0 Å². The minimum Gasteiger partial charge on any atom is -0.493 e. The molecule has 1 fully saturated rings. The van der Waals surface area contributed by atoms with Crippen molar-refractivity contribution in [2.24, 2.45) is 5.73 Å². The molecule has 3 nitrogen and oxygen atoms in total. The molecule has 1 aliphatic rings. The Kier molecular flexibility index (Phi) is 5.16. The van der Waals surface area contributed by atoms with Crippen LogP contribution in [0.2, 0.25) is 0 Å². The highest BCUT2D eigenvalue weighted by atomic mass is 32.1. The summed E-state index contributed by atoms with van der Waals surface area (Å²) in [7, 11) is 0. The van der Waals surface area contributed by atoms with Crippen LogP contribution in [0, 0.1) is 6.92 Å². The van der Waals surface area contributed by atoms with Crippen LogP contribution in [0.3, 0.4) is 0 Å². The van der Waals surface area contributed by atoms with Crippen molar-refractivity contribution < 1.29 is 4.74 Å². The molecule has 0 saturated carbocycles. The zero-order valence-corrected chi connectivity index (χ0v) is 12.3. The van der Waals surface area contributed by atoms with E-state index in [1.54, 1.807) is 0 Å². The Labute approximate surface area is 120 Å². The van der Waals surface area contributed by atoms with E-state index in [4.69, 9.17) is 22.7 Å². The number of nitrogens with two attached hydrogens (primary N) is 1. The lowest BCUT2D eigenvalue weighted by Gasteiger charge is -2.15. The second-order valence-electron chi connectivity index (χ2n) is 5.10. The molecule has 2 rings (SSSR count).